The van der Waals surface area contributed by atoms with Crippen molar-refractivity contribution in [1.29, 1.82) is 0 Å². The van der Waals surface area contributed by atoms with Gasteiger partial charge in [-0.3, -0.25) is 9.69 Å². The highest BCUT2D eigenvalue weighted by Crippen LogP contribution is 2.39. The van der Waals surface area contributed by atoms with E-state index in [2.05, 4.69) is 4.90 Å². The highest BCUT2D eigenvalue weighted by molar-refractivity contribution is 5.66. The maximum absolute atomic E-state index is 11.5. The minimum absolute atomic E-state index is 0.117. The van der Waals surface area contributed by atoms with Crippen LogP contribution in [0.3, 0.4) is 0 Å². The largest absolute Gasteiger partial charge is 0.456 e. The van der Waals surface area contributed by atoms with Crippen molar-refractivity contribution in [2.75, 3.05) is 13.1 Å². The molecule has 0 spiro atoms. The molecule has 3 fully saturated rings. The predicted molar refractivity (Wildman–Crippen MR) is 75.0 cm³/mol. The van der Waals surface area contributed by atoms with Crippen molar-refractivity contribution in [3.8, 4) is 0 Å². The molecule has 3 saturated heterocycles. The van der Waals surface area contributed by atoms with Crippen LogP contribution in [0.4, 0.5) is 0 Å². The molecule has 3 heterocycles. The molecular formula is C16H21NO3. The number of aliphatic hydroxyl groups is 1. The Labute approximate surface area is 119 Å². The SMILES string of the molecule is CC(=O)O[C@H](c1ccccc1)[C@@H]1[C@@H](O)C2CCN1CC2. The Morgan fingerprint density at radius 2 is 1.95 bits per heavy atom. The van der Waals surface area contributed by atoms with Crippen LogP contribution in [0.2, 0.25) is 0 Å². The number of rotatable bonds is 3. The maximum Gasteiger partial charge on any atom is 0.303 e. The number of ether oxygens (including phenoxy) is 1. The molecule has 4 heteroatoms. The van der Waals surface area contributed by atoms with E-state index in [1.54, 1.807) is 0 Å². The first kappa shape index (κ1) is 13.6. The van der Waals surface area contributed by atoms with Crippen LogP contribution in [0.5, 0.6) is 0 Å². The minimum Gasteiger partial charge on any atom is -0.456 e. The number of carbonyl (C=O) groups is 1. The first-order valence-corrected chi connectivity index (χ1v) is 7.31. The Morgan fingerprint density at radius 3 is 2.50 bits per heavy atom. The van der Waals surface area contributed by atoms with Gasteiger partial charge in [0.05, 0.1) is 12.1 Å². The third-order valence-corrected chi connectivity index (χ3v) is 4.56. The van der Waals surface area contributed by atoms with Crippen LogP contribution in [0.15, 0.2) is 30.3 Å². The van der Waals surface area contributed by atoms with E-state index >= 15 is 0 Å². The number of fused-ring (bicyclic) bond motifs is 3. The Morgan fingerprint density at radius 1 is 1.30 bits per heavy atom. The molecule has 0 aliphatic carbocycles. The first-order valence-electron chi connectivity index (χ1n) is 7.31. The fourth-order valence-electron chi connectivity index (χ4n) is 3.58. The molecule has 0 aromatic heterocycles. The Balaban J connectivity index is 1.91. The zero-order chi connectivity index (χ0) is 14.1. The fraction of sp³-hybridized carbons (Fsp3) is 0.562. The van der Waals surface area contributed by atoms with Crippen LogP contribution in [0.1, 0.15) is 31.4 Å². The van der Waals surface area contributed by atoms with Crippen LogP contribution >= 0.6 is 0 Å². The third kappa shape index (κ3) is 2.45. The van der Waals surface area contributed by atoms with Gasteiger partial charge in [-0.1, -0.05) is 30.3 Å². The van der Waals surface area contributed by atoms with Gasteiger partial charge in [0.1, 0.15) is 6.10 Å². The highest BCUT2D eigenvalue weighted by atomic mass is 16.5. The summed E-state index contributed by atoms with van der Waals surface area (Å²) >= 11 is 0. The number of benzene rings is 1. The van der Waals surface area contributed by atoms with Crippen molar-refractivity contribution in [1.82, 2.24) is 4.90 Å². The average Bonchev–Trinajstić information content (AvgIpc) is 2.47. The second-order valence-electron chi connectivity index (χ2n) is 5.80. The smallest absolute Gasteiger partial charge is 0.303 e. The monoisotopic (exact) mass is 275 g/mol. The molecule has 2 bridgehead atoms. The summed E-state index contributed by atoms with van der Waals surface area (Å²) in [5.41, 5.74) is 0.958. The van der Waals surface area contributed by atoms with E-state index in [0.29, 0.717) is 5.92 Å². The minimum atomic E-state index is -0.415. The number of aliphatic hydroxyl groups excluding tert-OH is 1. The first-order chi connectivity index (χ1) is 9.66. The normalized spacial score (nSPS) is 33.7. The Kier molecular flexibility index (Phi) is 3.76. The number of nitrogens with zero attached hydrogens (tertiary/aromatic N) is 1. The topological polar surface area (TPSA) is 49.8 Å². The predicted octanol–water partition coefficient (Wildman–Crippen LogP) is 1.75. The molecule has 3 aliphatic heterocycles. The summed E-state index contributed by atoms with van der Waals surface area (Å²) in [5, 5.41) is 10.6. The van der Waals surface area contributed by atoms with E-state index in [1.165, 1.54) is 6.92 Å². The van der Waals surface area contributed by atoms with Gasteiger partial charge >= 0.3 is 5.97 Å². The van der Waals surface area contributed by atoms with Gasteiger partial charge in [-0.2, -0.15) is 0 Å². The Hall–Kier alpha value is -1.39. The lowest BCUT2D eigenvalue weighted by Crippen LogP contribution is -2.60. The van der Waals surface area contributed by atoms with Gasteiger partial charge < -0.3 is 9.84 Å². The summed E-state index contributed by atoms with van der Waals surface area (Å²) < 4.78 is 5.56. The number of piperidine rings is 3. The Bertz CT molecular complexity index is 466. The molecule has 0 unspecified atom stereocenters. The number of hydrogen-bond acceptors (Lipinski definition) is 4. The van der Waals surface area contributed by atoms with Gasteiger partial charge in [0.2, 0.25) is 0 Å². The van der Waals surface area contributed by atoms with Gasteiger partial charge in [-0.25, -0.2) is 0 Å². The molecule has 4 nitrogen and oxygen atoms in total. The van der Waals surface area contributed by atoms with Gasteiger partial charge in [-0.15, -0.1) is 0 Å². The molecule has 3 atom stereocenters. The number of hydrogen-bond donors (Lipinski definition) is 1. The molecule has 0 saturated carbocycles. The van der Waals surface area contributed by atoms with Crippen LogP contribution < -0.4 is 0 Å². The van der Waals surface area contributed by atoms with E-state index in [9.17, 15) is 9.90 Å². The summed E-state index contributed by atoms with van der Waals surface area (Å²) in [6, 6.07) is 9.63. The molecule has 4 rings (SSSR count). The van der Waals surface area contributed by atoms with Crippen molar-refractivity contribution in [2.24, 2.45) is 5.92 Å². The molecule has 0 amide bonds. The third-order valence-electron chi connectivity index (χ3n) is 4.56. The number of carbonyl (C=O) groups excluding carboxylic acids is 1. The van der Waals surface area contributed by atoms with E-state index in [4.69, 9.17) is 4.74 Å². The summed E-state index contributed by atoms with van der Waals surface area (Å²) in [4.78, 5) is 13.7. The summed E-state index contributed by atoms with van der Waals surface area (Å²) in [5.74, 6) is 0.0421. The van der Waals surface area contributed by atoms with Gasteiger partial charge in [0, 0.05) is 6.92 Å². The lowest BCUT2D eigenvalue weighted by Gasteiger charge is -2.51. The summed E-state index contributed by atoms with van der Waals surface area (Å²) in [7, 11) is 0. The lowest BCUT2D eigenvalue weighted by atomic mass is 9.77. The molecule has 1 aromatic carbocycles. The molecular weight excluding hydrogens is 254 g/mol. The highest BCUT2D eigenvalue weighted by Gasteiger charge is 2.46. The van der Waals surface area contributed by atoms with Crippen molar-refractivity contribution in [2.45, 2.75) is 38.0 Å². The molecule has 3 aliphatic rings. The van der Waals surface area contributed by atoms with Crippen molar-refractivity contribution in [3.63, 3.8) is 0 Å². The zero-order valence-electron chi connectivity index (χ0n) is 11.7. The van der Waals surface area contributed by atoms with Crippen LogP contribution in [-0.4, -0.2) is 41.2 Å². The molecule has 20 heavy (non-hydrogen) atoms. The zero-order valence-corrected chi connectivity index (χ0v) is 11.7. The van der Waals surface area contributed by atoms with Gasteiger partial charge in [0.15, 0.2) is 0 Å². The van der Waals surface area contributed by atoms with E-state index in [-0.39, 0.29) is 18.1 Å². The second-order valence-corrected chi connectivity index (χ2v) is 5.80. The summed E-state index contributed by atoms with van der Waals surface area (Å²) in [6.45, 7) is 3.40. The van der Waals surface area contributed by atoms with Crippen LogP contribution in [-0.2, 0) is 9.53 Å². The second kappa shape index (κ2) is 5.54. The fourth-order valence-corrected chi connectivity index (χ4v) is 3.58. The van der Waals surface area contributed by atoms with Crippen LogP contribution in [0.25, 0.3) is 0 Å². The van der Waals surface area contributed by atoms with E-state index in [0.717, 1.165) is 31.5 Å². The van der Waals surface area contributed by atoms with E-state index in [1.807, 2.05) is 30.3 Å². The van der Waals surface area contributed by atoms with Crippen molar-refractivity contribution < 1.29 is 14.6 Å². The molecule has 0 radical (unpaired) electrons. The molecule has 108 valence electrons. The molecule has 1 aromatic rings. The standard InChI is InChI=1S/C16H21NO3/c1-11(18)20-16(13-5-3-2-4-6-13)14-15(19)12-7-9-17(14)10-8-12/h2-6,12,14-16,19H,7-10H2,1H3/t14-,15-,16+/m0/s1. The lowest BCUT2D eigenvalue weighted by molar-refractivity contribution is -0.164. The average molecular weight is 275 g/mol. The van der Waals surface area contributed by atoms with Gasteiger partial charge in [0.25, 0.3) is 0 Å². The van der Waals surface area contributed by atoms with Gasteiger partial charge in [-0.05, 0) is 37.4 Å². The number of esters is 1. The van der Waals surface area contributed by atoms with Crippen molar-refractivity contribution >= 4 is 5.97 Å². The van der Waals surface area contributed by atoms with Crippen LogP contribution in [0, 0.1) is 5.92 Å². The quantitative estimate of drug-likeness (QED) is 0.854. The maximum atomic E-state index is 11.5. The van der Waals surface area contributed by atoms with E-state index < -0.39 is 6.10 Å². The molecule has 1 N–H and O–H groups in total. The van der Waals surface area contributed by atoms with Crippen molar-refractivity contribution in [3.05, 3.63) is 35.9 Å². The summed E-state index contributed by atoms with van der Waals surface area (Å²) in [6.07, 6.45) is 1.28.